The fourth-order valence-electron chi connectivity index (χ4n) is 2.24. The Morgan fingerprint density at radius 1 is 1.03 bits per heavy atom. The van der Waals surface area contributed by atoms with E-state index >= 15 is 0 Å². The average molecular weight is 446 g/mol. The number of carboxylic acid groups (broad SMARTS) is 1. The number of hydrogen-bond acceptors (Lipinski definition) is 8. The molecule has 0 radical (unpaired) electrons. The van der Waals surface area contributed by atoms with E-state index in [2.05, 4.69) is 15.6 Å². The molecule has 0 aromatic rings. The second-order valence-corrected chi connectivity index (χ2v) is 6.63. The van der Waals surface area contributed by atoms with Crippen molar-refractivity contribution in [2.45, 2.75) is 50.4 Å². The van der Waals surface area contributed by atoms with Gasteiger partial charge in [0, 0.05) is 6.54 Å². The molecular formula is C16H30N8O7. The molecule has 13 N–H and O–H groups in total. The summed E-state index contributed by atoms with van der Waals surface area (Å²) in [4.78, 5) is 61.8. The van der Waals surface area contributed by atoms with Crippen molar-refractivity contribution in [3.8, 4) is 0 Å². The molecule has 0 saturated carbocycles. The molecule has 0 fully saturated rings. The van der Waals surface area contributed by atoms with Gasteiger partial charge in [0.05, 0.1) is 25.1 Å². The first-order valence-electron chi connectivity index (χ1n) is 9.22. The number of hydrogen-bond donors (Lipinski definition) is 9. The van der Waals surface area contributed by atoms with Gasteiger partial charge in [0.25, 0.3) is 0 Å². The van der Waals surface area contributed by atoms with Crippen molar-refractivity contribution in [1.82, 2.24) is 16.0 Å². The summed E-state index contributed by atoms with van der Waals surface area (Å²) in [5.41, 5.74) is 21.0. The van der Waals surface area contributed by atoms with Crippen molar-refractivity contribution in [3.63, 3.8) is 0 Å². The lowest BCUT2D eigenvalue weighted by Crippen LogP contribution is -2.57. The van der Waals surface area contributed by atoms with Gasteiger partial charge in [-0.05, 0) is 19.8 Å². The molecule has 15 heteroatoms. The molecule has 4 atom stereocenters. The fraction of sp³-hybridized carbons (Fsp3) is 0.625. The molecule has 0 aliphatic carbocycles. The minimum Gasteiger partial charge on any atom is -0.480 e. The Balaban J connectivity index is 4.71. The number of carbonyl (C=O) groups excluding carboxylic acids is 4. The Morgan fingerprint density at radius 3 is 2.13 bits per heavy atom. The maximum atomic E-state index is 12.2. The SMILES string of the molecule is CC(O)C(NC(=O)C(N)CCCN=C(N)N)C(=O)NCC(=O)NC(CC(N)=O)C(=O)O. The van der Waals surface area contributed by atoms with Gasteiger partial charge in [-0.2, -0.15) is 0 Å². The maximum Gasteiger partial charge on any atom is 0.326 e. The van der Waals surface area contributed by atoms with Crippen LogP contribution in [0.1, 0.15) is 26.2 Å². The van der Waals surface area contributed by atoms with E-state index in [1.807, 2.05) is 5.32 Å². The van der Waals surface area contributed by atoms with Gasteiger partial charge in [-0.15, -0.1) is 0 Å². The number of guanidine groups is 1. The van der Waals surface area contributed by atoms with Crippen molar-refractivity contribution >= 4 is 35.6 Å². The van der Waals surface area contributed by atoms with Gasteiger partial charge < -0.3 is 49.1 Å². The van der Waals surface area contributed by atoms with Crippen LogP contribution in [0, 0.1) is 0 Å². The predicted octanol–water partition coefficient (Wildman–Crippen LogP) is -5.21. The molecule has 15 nitrogen and oxygen atoms in total. The summed E-state index contributed by atoms with van der Waals surface area (Å²) in [6, 6.07) is -3.99. The molecule has 176 valence electrons. The number of nitrogens with two attached hydrogens (primary N) is 4. The van der Waals surface area contributed by atoms with Crippen LogP contribution in [0.15, 0.2) is 4.99 Å². The molecule has 31 heavy (non-hydrogen) atoms. The number of carboxylic acids is 1. The van der Waals surface area contributed by atoms with Crippen LogP contribution in [-0.4, -0.2) is 83.1 Å². The standard InChI is InChI=1S/C16H30N8O7/c1-7(25)12(24-13(28)8(17)3-2-4-21-16(19)20)14(29)22-6-11(27)23-9(15(30)31)5-10(18)26/h7-9,12,25H,2-6,17H2,1H3,(H2,18,26)(H,22,29)(H,23,27)(H,24,28)(H,30,31)(H4,19,20,21). The van der Waals surface area contributed by atoms with Crippen LogP contribution in [0.4, 0.5) is 0 Å². The highest BCUT2D eigenvalue weighted by atomic mass is 16.4. The second-order valence-electron chi connectivity index (χ2n) is 6.63. The van der Waals surface area contributed by atoms with Gasteiger partial charge >= 0.3 is 5.97 Å². The number of primary amides is 1. The Kier molecular flexibility index (Phi) is 12.2. The third-order valence-electron chi connectivity index (χ3n) is 3.83. The largest absolute Gasteiger partial charge is 0.480 e. The molecule has 0 heterocycles. The fourth-order valence-corrected chi connectivity index (χ4v) is 2.24. The summed E-state index contributed by atoms with van der Waals surface area (Å²) < 4.78 is 0. The van der Waals surface area contributed by atoms with Crippen LogP contribution in [-0.2, 0) is 24.0 Å². The monoisotopic (exact) mass is 446 g/mol. The Hall–Kier alpha value is -3.46. The molecule has 0 bridgehead atoms. The Morgan fingerprint density at radius 2 is 1.65 bits per heavy atom. The van der Waals surface area contributed by atoms with Gasteiger partial charge in [-0.1, -0.05) is 0 Å². The number of carbonyl (C=O) groups is 5. The van der Waals surface area contributed by atoms with E-state index in [-0.39, 0.29) is 18.9 Å². The molecule has 0 spiro atoms. The first kappa shape index (κ1) is 27.5. The maximum absolute atomic E-state index is 12.2. The first-order chi connectivity index (χ1) is 14.3. The summed E-state index contributed by atoms with van der Waals surface area (Å²) in [6.45, 7) is 0.818. The summed E-state index contributed by atoms with van der Waals surface area (Å²) >= 11 is 0. The van der Waals surface area contributed by atoms with Crippen molar-refractivity contribution in [2.24, 2.45) is 27.9 Å². The molecule has 4 amide bonds. The Bertz CT molecular complexity index is 693. The normalized spacial score (nSPS) is 14.3. The van der Waals surface area contributed by atoms with Crippen molar-refractivity contribution < 1.29 is 34.2 Å². The topological polar surface area (TPSA) is 278 Å². The van der Waals surface area contributed by atoms with Gasteiger partial charge in [-0.25, -0.2) is 4.79 Å². The highest BCUT2D eigenvalue weighted by molar-refractivity contribution is 5.93. The zero-order valence-corrected chi connectivity index (χ0v) is 17.0. The zero-order chi connectivity index (χ0) is 24.1. The first-order valence-corrected chi connectivity index (χ1v) is 9.22. The number of aliphatic carboxylic acids is 1. The number of aliphatic hydroxyl groups is 1. The molecule has 4 unspecified atom stereocenters. The molecule has 0 rings (SSSR count). The van der Waals surface area contributed by atoms with Crippen molar-refractivity contribution in [2.75, 3.05) is 13.1 Å². The molecule has 0 aromatic heterocycles. The van der Waals surface area contributed by atoms with E-state index < -0.39 is 66.8 Å². The smallest absolute Gasteiger partial charge is 0.326 e. The predicted molar refractivity (Wildman–Crippen MR) is 108 cm³/mol. The lowest BCUT2D eigenvalue weighted by molar-refractivity contribution is -0.143. The molecule has 0 aromatic carbocycles. The summed E-state index contributed by atoms with van der Waals surface area (Å²) in [5.74, 6) is -5.08. The molecule has 0 aliphatic heterocycles. The van der Waals surface area contributed by atoms with Crippen LogP contribution in [0.5, 0.6) is 0 Å². The van der Waals surface area contributed by atoms with Crippen LogP contribution in [0.3, 0.4) is 0 Å². The van der Waals surface area contributed by atoms with Crippen LogP contribution >= 0.6 is 0 Å². The Labute approximate surface area is 178 Å². The van der Waals surface area contributed by atoms with Crippen molar-refractivity contribution in [1.29, 1.82) is 0 Å². The van der Waals surface area contributed by atoms with Crippen LogP contribution < -0.4 is 38.9 Å². The number of rotatable bonds is 14. The third-order valence-corrected chi connectivity index (χ3v) is 3.83. The number of nitrogens with one attached hydrogen (secondary N) is 3. The number of nitrogens with zero attached hydrogens (tertiary/aromatic N) is 1. The van der Waals surface area contributed by atoms with E-state index in [1.54, 1.807) is 0 Å². The quantitative estimate of drug-likeness (QED) is 0.0694. The lowest BCUT2D eigenvalue weighted by Gasteiger charge is -2.23. The summed E-state index contributed by atoms with van der Waals surface area (Å²) in [7, 11) is 0. The third kappa shape index (κ3) is 12.0. The van der Waals surface area contributed by atoms with Crippen LogP contribution in [0.25, 0.3) is 0 Å². The second kappa shape index (κ2) is 13.7. The summed E-state index contributed by atoms with van der Waals surface area (Å²) in [5, 5.41) is 25.2. The minimum atomic E-state index is -1.56. The number of aliphatic imine (C=N–C) groups is 1. The van der Waals surface area contributed by atoms with Gasteiger partial charge in [-0.3, -0.25) is 24.2 Å². The minimum absolute atomic E-state index is 0.0998. The van der Waals surface area contributed by atoms with E-state index in [9.17, 15) is 29.1 Å². The highest BCUT2D eigenvalue weighted by Crippen LogP contribution is 1.99. The van der Waals surface area contributed by atoms with E-state index in [1.165, 1.54) is 6.92 Å². The summed E-state index contributed by atoms with van der Waals surface area (Å²) in [6.07, 6.45) is -1.37. The molecular weight excluding hydrogens is 416 g/mol. The highest BCUT2D eigenvalue weighted by Gasteiger charge is 2.28. The van der Waals surface area contributed by atoms with Crippen LogP contribution in [0.2, 0.25) is 0 Å². The number of aliphatic hydroxyl groups excluding tert-OH is 1. The van der Waals surface area contributed by atoms with Gasteiger partial charge in [0.15, 0.2) is 5.96 Å². The zero-order valence-electron chi connectivity index (χ0n) is 17.0. The van der Waals surface area contributed by atoms with E-state index in [0.717, 1.165) is 0 Å². The van der Waals surface area contributed by atoms with E-state index in [4.69, 9.17) is 28.0 Å². The number of amides is 4. The van der Waals surface area contributed by atoms with E-state index in [0.29, 0.717) is 6.42 Å². The van der Waals surface area contributed by atoms with Gasteiger partial charge in [0.2, 0.25) is 23.6 Å². The lowest BCUT2D eigenvalue weighted by atomic mass is 10.1. The molecule has 0 aliphatic rings. The van der Waals surface area contributed by atoms with Crippen molar-refractivity contribution in [3.05, 3.63) is 0 Å². The average Bonchev–Trinajstić information content (AvgIpc) is 2.65. The van der Waals surface area contributed by atoms with Gasteiger partial charge in [0.1, 0.15) is 12.1 Å². The molecule has 0 saturated heterocycles.